The molecule has 0 N–H and O–H groups in total. The normalized spacial score (nSPS) is 10.9. The third kappa shape index (κ3) is 11.3. The smallest absolute Gasteiger partial charge is 0.449 e. The van der Waals surface area contributed by atoms with Crippen LogP contribution in [0.1, 0.15) is 36.1 Å². The highest BCUT2D eigenvalue weighted by Crippen LogP contribution is 2.28. The summed E-state index contributed by atoms with van der Waals surface area (Å²) in [5.41, 5.74) is 2.73. The molecular weight excluding hydrogens is 564 g/mol. The quantitative estimate of drug-likeness (QED) is 0.240. The Morgan fingerprint density at radius 3 is 1.82 bits per heavy atom. The number of ketones is 1. The van der Waals surface area contributed by atoms with E-state index in [2.05, 4.69) is 0 Å². The second-order valence-electron chi connectivity index (χ2n) is 7.74. The highest BCUT2D eigenvalue weighted by Gasteiger charge is 2.37. The monoisotopic (exact) mass is 588 g/mol. The second kappa shape index (κ2) is 15.5. The number of ether oxygens (including phenoxy) is 2. The van der Waals surface area contributed by atoms with Gasteiger partial charge in [0.1, 0.15) is 18.5 Å². The van der Waals surface area contributed by atoms with Gasteiger partial charge in [0.15, 0.2) is 0 Å². The van der Waals surface area contributed by atoms with Gasteiger partial charge in [0, 0.05) is 23.1 Å². The number of carbonyl (C=O) groups excluding carboxylic acids is 1. The zero-order valence-electron chi connectivity index (χ0n) is 20.3. The van der Waals surface area contributed by atoms with Crippen molar-refractivity contribution in [3.8, 4) is 5.75 Å². The van der Waals surface area contributed by atoms with E-state index in [0.29, 0.717) is 17.9 Å². The fourth-order valence-corrected chi connectivity index (χ4v) is 3.60. The van der Waals surface area contributed by atoms with E-state index < -0.39 is 28.7 Å². The van der Waals surface area contributed by atoms with E-state index in [9.17, 15) is 26.4 Å². The van der Waals surface area contributed by atoms with Crippen molar-refractivity contribution in [3.63, 3.8) is 0 Å². The molecule has 0 aromatic heterocycles. The van der Waals surface area contributed by atoms with Crippen LogP contribution in [0.5, 0.6) is 5.75 Å². The number of hydrogen-bond donors (Lipinski definition) is 0. The summed E-state index contributed by atoms with van der Waals surface area (Å²) in [6.45, 7) is 2.51. The van der Waals surface area contributed by atoms with E-state index in [4.69, 9.17) is 32.7 Å². The zero-order valence-corrected chi connectivity index (χ0v) is 22.6. The molecule has 11 heteroatoms. The molecule has 0 heterocycles. The lowest BCUT2D eigenvalue weighted by Gasteiger charge is -2.18. The molecule has 3 aromatic rings. The van der Waals surface area contributed by atoms with E-state index in [1.165, 1.54) is 24.3 Å². The summed E-state index contributed by atoms with van der Waals surface area (Å²) < 4.78 is 67.3. The number of halogens is 5. The lowest BCUT2D eigenvalue weighted by molar-refractivity contribution is -0.171. The molecule has 0 aliphatic heterocycles. The highest BCUT2D eigenvalue weighted by atomic mass is 35.5. The average Bonchev–Trinajstić information content (AvgIpc) is 2.87. The van der Waals surface area contributed by atoms with Gasteiger partial charge < -0.3 is 9.47 Å². The van der Waals surface area contributed by atoms with Crippen LogP contribution in [0.2, 0.25) is 10.0 Å². The predicted octanol–water partition coefficient (Wildman–Crippen LogP) is 6.93. The van der Waals surface area contributed by atoms with Crippen molar-refractivity contribution in [2.75, 3.05) is 13.2 Å². The first-order chi connectivity index (χ1) is 18.0. The Morgan fingerprint density at radius 1 is 0.895 bits per heavy atom. The number of hydrogen-bond acceptors (Lipinski definition) is 5. The SMILES string of the molecule is CCOC(c1ccc(Cl)cc1)c1ccc(Cl)cc1.O=C(CCc1ccc(OCC=S(=O)=O)cc1)C(F)(F)F. The summed E-state index contributed by atoms with van der Waals surface area (Å²) in [4.78, 5) is 10.7. The van der Waals surface area contributed by atoms with Gasteiger partial charge in [0.25, 0.3) is 0 Å². The summed E-state index contributed by atoms with van der Waals surface area (Å²) in [5, 5.41) is 2.38. The van der Waals surface area contributed by atoms with Gasteiger partial charge in [-0.05, 0) is 66.4 Å². The standard InChI is InChI=1S/C15H14Cl2O.C12H11F3O4S/c1-2-18-15(11-3-7-13(16)8-4-11)12-5-9-14(17)10-6-12;13-12(14,15)11(16)6-3-9-1-4-10(5-2-9)19-7-8-20(17)18/h3-10,15H,2H2,1H3;1-2,4-5,8H,3,6-7H2. The van der Waals surface area contributed by atoms with Crippen LogP contribution in [0, 0.1) is 0 Å². The van der Waals surface area contributed by atoms with E-state index in [1.54, 1.807) is 0 Å². The van der Waals surface area contributed by atoms with Gasteiger partial charge in [-0.1, -0.05) is 59.6 Å². The predicted molar refractivity (Wildman–Crippen MR) is 143 cm³/mol. The maximum absolute atomic E-state index is 12.0. The first-order valence-corrected chi connectivity index (χ1v) is 13.2. The van der Waals surface area contributed by atoms with Crippen LogP contribution >= 0.6 is 23.2 Å². The van der Waals surface area contributed by atoms with Crippen LogP contribution in [-0.4, -0.2) is 39.0 Å². The third-order valence-electron chi connectivity index (χ3n) is 5.01. The second-order valence-corrected chi connectivity index (χ2v) is 9.47. The van der Waals surface area contributed by atoms with Gasteiger partial charge in [-0.2, -0.15) is 21.6 Å². The third-order valence-corrected chi connectivity index (χ3v) is 5.93. The van der Waals surface area contributed by atoms with Crippen molar-refractivity contribution in [2.45, 2.75) is 32.0 Å². The number of Topliss-reactive ketones (excluding diaryl/α,β-unsaturated/α-hetero) is 1. The first-order valence-electron chi connectivity index (χ1n) is 11.3. The molecule has 0 saturated heterocycles. The largest absolute Gasteiger partial charge is 0.489 e. The highest BCUT2D eigenvalue weighted by molar-refractivity contribution is 7.71. The van der Waals surface area contributed by atoms with Gasteiger partial charge in [-0.15, -0.1) is 0 Å². The van der Waals surface area contributed by atoms with Crippen molar-refractivity contribution in [3.05, 3.63) is 99.5 Å². The Balaban J connectivity index is 0.000000268. The van der Waals surface area contributed by atoms with Crippen LogP contribution in [0.15, 0.2) is 72.8 Å². The van der Waals surface area contributed by atoms with Gasteiger partial charge in [-0.25, -0.2) is 0 Å². The summed E-state index contributed by atoms with van der Waals surface area (Å²) in [6, 6.07) is 21.5. The molecule has 5 nitrogen and oxygen atoms in total. The molecule has 0 unspecified atom stereocenters. The van der Waals surface area contributed by atoms with E-state index in [-0.39, 0.29) is 19.1 Å². The molecule has 0 bridgehead atoms. The lowest BCUT2D eigenvalue weighted by Crippen LogP contribution is -2.22. The number of benzene rings is 3. The number of aryl methyl sites for hydroxylation is 1. The maximum Gasteiger partial charge on any atom is 0.449 e. The van der Waals surface area contributed by atoms with Crippen LogP contribution in [-0.2, 0) is 26.2 Å². The fraction of sp³-hybridized carbons (Fsp3) is 0.259. The summed E-state index contributed by atoms with van der Waals surface area (Å²) in [7, 11) is -2.30. The topological polar surface area (TPSA) is 69.7 Å². The molecule has 3 aromatic carbocycles. The average molecular weight is 589 g/mol. The zero-order chi connectivity index (χ0) is 28.1. The van der Waals surface area contributed by atoms with Crippen molar-refractivity contribution in [1.29, 1.82) is 0 Å². The summed E-state index contributed by atoms with van der Waals surface area (Å²) in [6.07, 6.45) is -5.50. The van der Waals surface area contributed by atoms with Gasteiger partial charge in [-0.3, -0.25) is 4.79 Å². The molecule has 0 aliphatic carbocycles. The molecule has 0 atom stereocenters. The molecule has 0 saturated carbocycles. The molecule has 0 amide bonds. The van der Waals surface area contributed by atoms with E-state index in [1.807, 2.05) is 55.5 Å². The van der Waals surface area contributed by atoms with Crippen molar-refractivity contribution >= 4 is 44.6 Å². The Bertz CT molecular complexity index is 1240. The summed E-state index contributed by atoms with van der Waals surface area (Å²) >= 11 is 11.8. The van der Waals surface area contributed by atoms with E-state index >= 15 is 0 Å². The van der Waals surface area contributed by atoms with Crippen LogP contribution < -0.4 is 4.74 Å². The number of carbonyl (C=O) groups is 1. The van der Waals surface area contributed by atoms with E-state index in [0.717, 1.165) is 26.5 Å². The molecule has 0 radical (unpaired) electrons. The van der Waals surface area contributed by atoms with Crippen LogP contribution in [0.3, 0.4) is 0 Å². The number of rotatable bonds is 10. The van der Waals surface area contributed by atoms with Gasteiger partial charge in [0.2, 0.25) is 16.1 Å². The minimum absolute atomic E-state index is 0.0185. The van der Waals surface area contributed by atoms with Crippen LogP contribution in [0.25, 0.3) is 0 Å². The van der Waals surface area contributed by atoms with Crippen molar-refractivity contribution < 1.29 is 35.9 Å². The van der Waals surface area contributed by atoms with Gasteiger partial charge >= 0.3 is 6.18 Å². The Kier molecular flexibility index (Phi) is 12.8. The van der Waals surface area contributed by atoms with Gasteiger partial charge in [0.05, 0.1) is 5.37 Å². The molecular formula is C27H25Cl2F3O5S. The lowest BCUT2D eigenvalue weighted by atomic mass is 10.0. The molecule has 0 aliphatic rings. The fourth-order valence-electron chi connectivity index (χ4n) is 3.16. The van der Waals surface area contributed by atoms with Crippen LogP contribution in [0.4, 0.5) is 13.2 Å². The first kappa shape index (κ1) is 31.4. The Labute approximate surface area is 230 Å². The van der Waals surface area contributed by atoms with Crippen molar-refractivity contribution in [1.82, 2.24) is 0 Å². The number of alkyl halides is 3. The molecule has 38 heavy (non-hydrogen) atoms. The Hall–Kier alpha value is -2.85. The van der Waals surface area contributed by atoms with Crippen molar-refractivity contribution in [2.24, 2.45) is 0 Å². The minimum atomic E-state index is -4.80. The minimum Gasteiger partial charge on any atom is -0.489 e. The molecule has 204 valence electrons. The summed E-state index contributed by atoms with van der Waals surface area (Å²) in [5.74, 6) is -1.37. The Morgan fingerprint density at radius 2 is 1.39 bits per heavy atom. The molecule has 0 spiro atoms. The molecule has 3 rings (SSSR count). The maximum atomic E-state index is 12.0. The molecule has 0 fully saturated rings.